The van der Waals surface area contributed by atoms with Gasteiger partial charge in [-0.05, 0) is 33.6 Å². The SMILES string of the molecule is CCN(C(=O)COC(C)C)C1CCCCC1. The summed E-state index contributed by atoms with van der Waals surface area (Å²) in [5.41, 5.74) is 0. The standard InChI is InChI=1S/C13H25NO2/c1-4-14(12-8-6-5-7-9-12)13(15)10-16-11(2)3/h11-12H,4-10H2,1-3H3. The van der Waals surface area contributed by atoms with E-state index in [0.717, 1.165) is 6.54 Å². The van der Waals surface area contributed by atoms with Gasteiger partial charge < -0.3 is 9.64 Å². The van der Waals surface area contributed by atoms with E-state index >= 15 is 0 Å². The number of likely N-dealkylation sites (N-methyl/N-ethyl adjacent to an activating group) is 1. The van der Waals surface area contributed by atoms with Gasteiger partial charge in [0.2, 0.25) is 5.91 Å². The molecule has 1 aliphatic carbocycles. The first kappa shape index (κ1) is 13.5. The molecule has 1 aliphatic rings. The molecule has 0 aromatic rings. The van der Waals surface area contributed by atoms with Crippen LogP contribution in [0.5, 0.6) is 0 Å². The van der Waals surface area contributed by atoms with Crippen LogP contribution in [-0.4, -0.2) is 36.1 Å². The minimum atomic E-state index is 0.133. The molecule has 0 saturated heterocycles. The molecule has 0 spiro atoms. The van der Waals surface area contributed by atoms with Crippen molar-refractivity contribution >= 4 is 5.91 Å². The maximum absolute atomic E-state index is 12.0. The fourth-order valence-corrected chi connectivity index (χ4v) is 2.35. The molecule has 0 unspecified atom stereocenters. The number of rotatable bonds is 5. The van der Waals surface area contributed by atoms with Gasteiger partial charge in [0.25, 0.3) is 0 Å². The third-order valence-electron chi connectivity index (χ3n) is 3.22. The number of nitrogens with zero attached hydrogens (tertiary/aromatic N) is 1. The average molecular weight is 227 g/mol. The normalized spacial score (nSPS) is 17.8. The zero-order valence-corrected chi connectivity index (χ0v) is 10.9. The molecule has 3 heteroatoms. The lowest BCUT2D eigenvalue weighted by atomic mass is 9.94. The first-order valence-electron chi connectivity index (χ1n) is 6.56. The Morgan fingerprint density at radius 3 is 2.44 bits per heavy atom. The molecule has 0 aliphatic heterocycles. The van der Waals surface area contributed by atoms with Crippen molar-refractivity contribution in [3.8, 4) is 0 Å². The highest BCUT2D eigenvalue weighted by molar-refractivity contribution is 5.77. The van der Waals surface area contributed by atoms with E-state index in [-0.39, 0.29) is 18.6 Å². The van der Waals surface area contributed by atoms with Gasteiger partial charge in [-0.2, -0.15) is 0 Å². The first-order valence-corrected chi connectivity index (χ1v) is 6.56. The van der Waals surface area contributed by atoms with Gasteiger partial charge in [0.05, 0.1) is 6.10 Å². The van der Waals surface area contributed by atoms with Crippen molar-refractivity contribution in [3.63, 3.8) is 0 Å². The van der Waals surface area contributed by atoms with E-state index in [1.807, 2.05) is 18.7 Å². The Bertz CT molecular complexity index is 210. The molecule has 1 rings (SSSR count). The molecule has 1 amide bonds. The third kappa shape index (κ3) is 4.12. The van der Waals surface area contributed by atoms with Gasteiger partial charge in [0, 0.05) is 12.6 Å². The second kappa shape index (κ2) is 6.89. The molecule has 0 N–H and O–H groups in total. The minimum Gasteiger partial charge on any atom is -0.369 e. The highest BCUT2D eigenvalue weighted by Gasteiger charge is 2.23. The summed E-state index contributed by atoms with van der Waals surface area (Å²) in [6, 6.07) is 0.460. The summed E-state index contributed by atoms with van der Waals surface area (Å²) < 4.78 is 5.39. The summed E-state index contributed by atoms with van der Waals surface area (Å²) >= 11 is 0. The van der Waals surface area contributed by atoms with Crippen LogP contribution in [0.3, 0.4) is 0 Å². The molecule has 1 fully saturated rings. The fraction of sp³-hybridized carbons (Fsp3) is 0.923. The summed E-state index contributed by atoms with van der Waals surface area (Å²) in [5, 5.41) is 0. The predicted octanol–water partition coefficient (Wildman–Crippen LogP) is 2.59. The molecule has 0 bridgehead atoms. The zero-order valence-electron chi connectivity index (χ0n) is 10.9. The third-order valence-corrected chi connectivity index (χ3v) is 3.22. The van der Waals surface area contributed by atoms with E-state index in [1.54, 1.807) is 0 Å². The molecular weight excluding hydrogens is 202 g/mol. The summed E-state index contributed by atoms with van der Waals surface area (Å²) in [5.74, 6) is 0.156. The quantitative estimate of drug-likeness (QED) is 0.722. The Labute approximate surface area is 99.1 Å². The van der Waals surface area contributed by atoms with E-state index in [4.69, 9.17) is 4.74 Å². The van der Waals surface area contributed by atoms with Gasteiger partial charge in [0.15, 0.2) is 0 Å². The summed E-state index contributed by atoms with van der Waals surface area (Å²) in [6.07, 6.45) is 6.32. The number of ether oxygens (including phenoxy) is 1. The maximum atomic E-state index is 12.0. The van der Waals surface area contributed by atoms with E-state index < -0.39 is 0 Å². The smallest absolute Gasteiger partial charge is 0.248 e. The average Bonchev–Trinajstić information content (AvgIpc) is 2.29. The number of hydrogen-bond acceptors (Lipinski definition) is 2. The van der Waals surface area contributed by atoms with Crippen LogP contribution in [0.4, 0.5) is 0 Å². The van der Waals surface area contributed by atoms with Crippen molar-refractivity contribution < 1.29 is 9.53 Å². The molecule has 16 heavy (non-hydrogen) atoms. The van der Waals surface area contributed by atoms with Crippen LogP contribution in [-0.2, 0) is 9.53 Å². The van der Waals surface area contributed by atoms with E-state index in [9.17, 15) is 4.79 Å². The fourth-order valence-electron chi connectivity index (χ4n) is 2.35. The molecule has 0 aromatic heterocycles. The van der Waals surface area contributed by atoms with Crippen LogP contribution in [0.25, 0.3) is 0 Å². The predicted molar refractivity (Wildman–Crippen MR) is 65.3 cm³/mol. The lowest BCUT2D eigenvalue weighted by Crippen LogP contribution is -2.43. The van der Waals surface area contributed by atoms with Gasteiger partial charge in [-0.25, -0.2) is 0 Å². The largest absolute Gasteiger partial charge is 0.369 e. The van der Waals surface area contributed by atoms with E-state index in [1.165, 1.54) is 32.1 Å². The lowest BCUT2D eigenvalue weighted by Gasteiger charge is -2.33. The summed E-state index contributed by atoms with van der Waals surface area (Å²) in [4.78, 5) is 14.0. The molecule has 0 aromatic carbocycles. The van der Waals surface area contributed by atoms with Crippen LogP contribution in [0, 0.1) is 0 Å². The summed E-state index contributed by atoms with van der Waals surface area (Å²) in [7, 11) is 0. The molecule has 94 valence electrons. The van der Waals surface area contributed by atoms with Gasteiger partial charge >= 0.3 is 0 Å². The minimum absolute atomic E-state index is 0.133. The van der Waals surface area contributed by atoms with Crippen LogP contribution in [0.1, 0.15) is 52.9 Å². The van der Waals surface area contributed by atoms with E-state index in [2.05, 4.69) is 6.92 Å². The van der Waals surface area contributed by atoms with Crippen molar-refractivity contribution in [1.82, 2.24) is 4.90 Å². The second-order valence-electron chi connectivity index (χ2n) is 4.83. The second-order valence-corrected chi connectivity index (χ2v) is 4.83. The molecule has 3 nitrogen and oxygen atoms in total. The van der Waals surface area contributed by atoms with Crippen LogP contribution >= 0.6 is 0 Å². The Morgan fingerprint density at radius 2 is 1.94 bits per heavy atom. The van der Waals surface area contributed by atoms with Crippen molar-refractivity contribution in [2.75, 3.05) is 13.2 Å². The van der Waals surface area contributed by atoms with E-state index in [0.29, 0.717) is 6.04 Å². The first-order chi connectivity index (χ1) is 7.65. The monoisotopic (exact) mass is 227 g/mol. The number of amides is 1. The van der Waals surface area contributed by atoms with Crippen molar-refractivity contribution in [3.05, 3.63) is 0 Å². The van der Waals surface area contributed by atoms with Crippen molar-refractivity contribution in [2.45, 2.75) is 65.0 Å². The van der Waals surface area contributed by atoms with Crippen LogP contribution in [0.15, 0.2) is 0 Å². The van der Waals surface area contributed by atoms with Crippen LogP contribution < -0.4 is 0 Å². The zero-order chi connectivity index (χ0) is 12.0. The number of hydrogen-bond donors (Lipinski definition) is 0. The van der Waals surface area contributed by atoms with Gasteiger partial charge in [-0.3, -0.25) is 4.79 Å². The van der Waals surface area contributed by atoms with Gasteiger partial charge in [0.1, 0.15) is 6.61 Å². The highest BCUT2D eigenvalue weighted by Crippen LogP contribution is 2.22. The maximum Gasteiger partial charge on any atom is 0.248 e. The van der Waals surface area contributed by atoms with Gasteiger partial charge in [-0.1, -0.05) is 19.3 Å². The Morgan fingerprint density at radius 1 is 1.31 bits per heavy atom. The highest BCUT2D eigenvalue weighted by atomic mass is 16.5. The molecule has 0 atom stereocenters. The Balaban J connectivity index is 2.41. The summed E-state index contributed by atoms with van der Waals surface area (Å²) in [6.45, 7) is 7.03. The molecule has 0 heterocycles. The molecule has 0 radical (unpaired) electrons. The lowest BCUT2D eigenvalue weighted by molar-refractivity contribution is -0.140. The van der Waals surface area contributed by atoms with Crippen molar-refractivity contribution in [1.29, 1.82) is 0 Å². The van der Waals surface area contributed by atoms with Crippen molar-refractivity contribution in [2.24, 2.45) is 0 Å². The topological polar surface area (TPSA) is 29.5 Å². The molecule has 1 saturated carbocycles. The molecular formula is C13H25NO2. The van der Waals surface area contributed by atoms with Gasteiger partial charge in [-0.15, -0.1) is 0 Å². The number of carbonyl (C=O) groups excluding carboxylic acids is 1. The Kier molecular flexibility index (Phi) is 5.81. The number of carbonyl (C=O) groups is 1. The Hall–Kier alpha value is -0.570. The van der Waals surface area contributed by atoms with Crippen LogP contribution in [0.2, 0.25) is 0 Å².